The van der Waals surface area contributed by atoms with Crippen LogP contribution in [-0.2, 0) is 4.74 Å². The zero-order valence-electron chi connectivity index (χ0n) is 11.3. The van der Waals surface area contributed by atoms with Gasteiger partial charge in [0.1, 0.15) is 5.82 Å². The first-order chi connectivity index (χ1) is 9.26. The first-order valence-corrected chi connectivity index (χ1v) is 7.06. The number of nitrogens with two attached hydrogens (primary N) is 1. The Hall–Kier alpha value is -1.49. The average molecular weight is 263 g/mol. The van der Waals surface area contributed by atoms with Crippen molar-refractivity contribution >= 4 is 11.5 Å². The Bertz CT molecular complexity index is 440. The zero-order valence-corrected chi connectivity index (χ0v) is 11.3. The molecule has 2 saturated heterocycles. The van der Waals surface area contributed by atoms with Crippen LogP contribution in [0, 0.1) is 0 Å². The van der Waals surface area contributed by atoms with Crippen molar-refractivity contribution in [2.75, 3.05) is 30.3 Å². The predicted molar refractivity (Wildman–Crippen MR) is 74.5 cm³/mol. The van der Waals surface area contributed by atoms with Crippen LogP contribution >= 0.6 is 0 Å². The molecule has 0 radical (unpaired) electrons. The number of fused-ring (bicyclic) bond motifs is 2. The molecule has 3 rings (SSSR count). The fourth-order valence-electron chi connectivity index (χ4n) is 2.73. The molecule has 2 aliphatic rings. The van der Waals surface area contributed by atoms with Gasteiger partial charge in [0.25, 0.3) is 0 Å². The largest absolute Gasteiger partial charge is 0.476 e. The van der Waals surface area contributed by atoms with Gasteiger partial charge in [0.2, 0.25) is 5.88 Å². The molecule has 19 heavy (non-hydrogen) atoms. The lowest BCUT2D eigenvalue weighted by atomic mass is 10.2. The quantitative estimate of drug-likeness (QED) is 0.898. The molecule has 1 aromatic heterocycles. The Balaban J connectivity index is 1.77. The molecule has 2 unspecified atom stereocenters. The first-order valence-electron chi connectivity index (χ1n) is 7.06. The van der Waals surface area contributed by atoms with Crippen LogP contribution in [0.1, 0.15) is 26.2 Å². The third-order valence-electron chi connectivity index (χ3n) is 3.69. The number of hydrogen-bond donors (Lipinski definition) is 1. The molecule has 2 bridgehead atoms. The minimum atomic E-state index is 0.359. The van der Waals surface area contributed by atoms with Gasteiger partial charge >= 0.3 is 0 Å². The topological polar surface area (TPSA) is 60.6 Å². The molecule has 0 aromatic carbocycles. The number of nitrogen functional groups attached to an aromatic ring is 1. The smallest absolute Gasteiger partial charge is 0.239 e. The van der Waals surface area contributed by atoms with Crippen molar-refractivity contribution in [2.24, 2.45) is 0 Å². The zero-order chi connectivity index (χ0) is 13.2. The fraction of sp³-hybridized carbons (Fsp3) is 0.643. The lowest BCUT2D eigenvalue weighted by molar-refractivity contribution is 0.0302. The minimum Gasteiger partial charge on any atom is -0.476 e. The standard InChI is InChI=1S/C14H21N3O2/c1-2-7-18-14-12(15)5-6-13(16-14)17-8-10-3-4-11(9-17)19-10/h5-6,10-11H,2-4,7-9,15H2,1H3. The van der Waals surface area contributed by atoms with Crippen LogP contribution in [-0.4, -0.2) is 36.9 Å². The van der Waals surface area contributed by atoms with Crippen molar-refractivity contribution in [1.82, 2.24) is 4.98 Å². The van der Waals surface area contributed by atoms with Crippen LogP contribution in [0.2, 0.25) is 0 Å². The second-order valence-electron chi connectivity index (χ2n) is 5.27. The highest BCUT2D eigenvalue weighted by Crippen LogP contribution is 2.30. The van der Waals surface area contributed by atoms with Gasteiger partial charge in [-0.25, -0.2) is 0 Å². The van der Waals surface area contributed by atoms with E-state index in [2.05, 4.69) is 16.8 Å². The lowest BCUT2D eigenvalue weighted by Crippen LogP contribution is -2.43. The van der Waals surface area contributed by atoms with E-state index < -0.39 is 0 Å². The summed E-state index contributed by atoms with van der Waals surface area (Å²) < 4.78 is 11.4. The van der Waals surface area contributed by atoms with Crippen LogP contribution in [0.4, 0.5) is 11.5 Å². The number of nitrogens with zero attached hydrogens (tertiary/aromatic N) is 2. The molecule has 0 aliphatic carbocycles. The number of anilines is 2. The second kappa shape index (κ2) is 5.25. The molecular formula is C14H21N3O2. The third kappa shape index (κ3) is 2.61. The molecule has 3 heterocycles. The fourth-order valence-corrected chi connectivity index (χ4v) is 2.73. The maximum Gasteiger partial charge on any atom is 0.239 e. The summed E-state index contributed by atoms with van der Waals surface area (Å²) in [5.41, 5.74) is 6.50. The highest BCUT2D eigenvalue weighted by Gasteiger charge is 2.34. The van der Waals surface area contributed by atoms with Crippen molar-refractivity contribution in [2.45, 2.75) is 38.4 Å². The van der Waals surface area contributed by atoms with E-state index in [0.717, 1.165) is 38.2 Å². The molecule has 0 amide bonds. The molecule has 5 heteroatoms. The van der Waals surface area contributed by atoms with E-state index in [1.54, 1.807) is 0 Å². The van der Waals surface area contributed by atoms with Gasteiger partial charge in [-0.2, -0.15) is 4.98 Å². The summed E-state index contributed by atoms with van der Waals surface area (Å²) in [7, 11) is 0. The SMILES string of the molecule is CCCOc1nc(N2CC3CCC(C2)O3)ccc1N. The number of rotatable bonds is 4. The summed E-state index contributed by atoms with van der Waals surface area (Å²) in [5, 5.41) is 0. The van der Waals surface area contributed by atoms with Crippen LogP contribution in [0.3, 0.4) is 0 Å². The minimum absolute atomic E-state index is 0.359. The Morgan fingerprint density at radius 3 is 2.79 bits per heavy atom. The van der Waals surface area contributed by atoms with Crippen molar-refractivity contribution in [3.63, 3.8) is 0 Å². The number of ether oxygens (including phenoxy) is 2. The van der Waals surface area contributed by atoms with E-state index in [9.17, 15) is 0 Å². The number of morpholine rings is 1. The molecule has 2 N–H and O–H groups in total. The van der Waals surface area contributed by atoms with E-state index in [0.29, 0.717) is 30.4 Å². The van der Waals surface area contributed by atoms with Gasteiger partial charge in [-0.3, -0.25) is 0 Å². The molecule has 1 aromatic rings. The van der Waals surface area contributed by atoms with Gasteiger partial charge in [-0.05, 0) is 31.4 Å². The van der Waals surface area contributed by atoms with Crippen molar-refractivity contribution in [1.29, 1.82) is 0 Å². The summed E-state index contributed by atoms with van der Waals surface area (Å²) in [4.78, 5) is 6.84. The van der Waals surface area contributed by atoms with Crippen molar-refractivity contribution < 1.29 is 9.47 Å². The van der Waals surface area contributed by atoms with E-state index in [4.69, 9.17) is 15.2 Å². The highest BCUT2D eigenvalue weighted by molar-refractivity contribution is 5.55. The monoisotopic (exact) mass is 263 g/mol. The van der Waals surface area contributed by atoms with Crippen LogP contribution < -0.4 is 15.4 Å². The van der Waals surface area contributed by atoms with Gasteiger partial charge in [0.05, 0.1) is 24.5 Å². The number of pyridine rings is 1. The van der Waals surface area contributed by atoms with Crippen molar-refractivity contribution in [3.8, 4) is 5.88 Å². The average Bonchev–Trinajstić information content (AvgIpc) is 2.76. The Labute approximate surface area is 113 Å². The van der Waals surface area contributed by atoms with Crippen LogP contribution in [0.5, 0.6) is 5.88 Å². The molecule has 0 spiro atoms. The normalized spacial score (nSPS) is 25.6. The second-order valence-corrected chi connectivity index (χ2v) is 5.27. The van der Waals surface area contributed by atoms with Gasteiger partial charge in [0, 0.05) is 13.1 Å². The highest BCUT2D eigenvalue weighted by atomic mass is 16.5. The van der Waals surface area contributed by atoms with Crippen LogP contribution in [0.25, 0.3) is 0 Å². The number of aromatic nitrogens is 1. The molecule has 2 atom stereocenters. The van der Waals surface area contributed by atoms with Crippen LogP contribution in [0.15, 0.2) is 12.1 Å². The van der Waals surface area contributed by atoms with E-state index in [-0.39, 0.29) is 0 Å². The Kier molecular flexibility index (Phi) is 3.46. The Morgan fingerprint density at radius 2 is 2.11 bits per heavy atom. The summed E-state index contributed by atoms with van der Waals surface area (Å²) in [6.07, 6.45) is 3.99. The molecule has 104 valence electrons. The molecule has 5 nitrogen and oxygen atoms in total. The summed E-state index contributed by atoms with van der Waals surface area (Å²) in [6.45, 7) is 4.55. The predicted octanol–water partition coefficient (Wildman–Crippen LogP) is 1.82. The summed E-state index contributed by atoms with van der Waals surface area (Å²) in [6, 6.07) is 3.85. The summed E-state index contributed by atoms with van der Waals surface area (Å²) >= 11 is 0. The number of hydrogen-bond acceptors (Lipinski definition) is 5. The van der Waals surface area contributed by atoms with E-state index >= 15 is 0 Å². The molecule has 2 fully saturated rings. The van der Waals surface area contributed by atoms with Gasteiger partial charge in [-0.15, -0.1) is 0 Å². The van der Waals surface area contributed by atoms with E-state index in [1.165, 1.54) is 0 Å². The van der Waals surface area contributed by atoms with Gasteiger partial charge < -0.3 is 20.1 Å². The maximum atomic E-state index is 5.90. The molecule has 0 saturated carbocycles. The maximum absolute atomic E-state index is 5.90. The third-order valence-corrected chi connectivity index (χ3v) is 3.69. The van der Waals surface area contributed by atoms with E-state index in [1.807, 2.05) is 12.1 Å². The van der Waals surface area contributed by atoms with Crippen molar-refractivity contribution in [3.05, 3.63) is 12.1 Å². The molecule has 2 aliphatic heterocycles. The Morgan fingerprint density at radius 1 is 1.37 bits per heavy atom. The van der Waals surface area contributed by atoms with Gasteiger partial charge in [-0.1, -0.05) is 6.92 Å². The first kappa shape index (κ1) is 12.5. The molecular weight excluding hydrogens is 242 g/mol. The van der Waals surface area contributed by atoms with Gasteiger partial charge in [0.15, 0.2) is 0 Å². The lowest BCUT2D eigenvalue weighted by Gasteiger charge is -2.33. The summed E-state index contributed by atoms with van der Waals surface area (Å²) in [5.74, 6) is 1.50.